The lowest BCUT2D eigenvalue weighted by molar-refractivity contribution is 0.364. The van der Waals surface area contributed by atoms with Gasteiger partial charge in [0.25, 0.3) is 0 Å². The van der Waals surface area contributed by atoms with Gasteiger partial charge in [-0.1, -0.05) is 18.2 Å². The van der Waals surface area contributed by atoms with Crippen molar-refractivity contribution in [1.82, 2.24) is 9.13 Å². The van der Waals surface area contributed by atoms with E-state index in [4.69, 9.17) is 0 Å². The smallest absolute Gasteiger partial charge is 0.0485 e. The van der Waals surface area contributed by atoms with Crippen molar-refractivity contribution in [3.8, 4) is 0 Å². The average Bonchev–Trinajstić information content (AvgIpc) is 3.04. The summed E-state index contributed by atoms with van der Waals surface area (Å²) < 4.78 is 4.67. The Labute approximate surface area is 127 Å². The third kappa shape index (κ3) is 2.63. The van der Waals surface area contributed by atoms with Crippen LogP contribution in [0.25, 0.3) is 10.9 Å². The van der Waals surface area contributed by atoms with Crippen molar-refractivity contribution in [1.29, 1.82) is 0 Å². The highest BCUT2D eigenvalue weighted by atomic mass is 15.0. The first-order valence-corrected chi connectivity index (χ1v) is 7.70. The number of nitrogens with zero attached hydrogens (tertiary/aromatic N) is 2. The second-order valence-corrected chi connectivity index (χ2v) is 6.79. The van der Waals surface area contributed by atoms with Crippen LogP contribution in [0.1, 0.15) is 39.3 Å². The van der Waals surface area contributed by atoms with Crippen molar-refractivity contribution in [2.75, 3.05) is 0 Å². The third-order valence-corrected chi connectivity index (χ3v) is 4.26. The minimum Gasteiger partial charge on any atom is -0.352 e. The summed E-state index contributed by atoms with van der Waals surface area (Å²) in [6.45, 7) is 9.06. The first-order valence-electron chi connectivity index (χ1n) is 7.70. The summed E-state index contributed by atoms with van der Waals surface area (Å²) in [6.07, 6.45) is 7.71. The van der Waals surface area contributed by atoms with Crippen molar-refractivity contribution in [3.05, 3.63) is 60.6 Å². The summed E-state index contributed by atoms with van der Waals surface area (Å²) in [4.78, 5) is 0. The van der Waals surface area contributed by atoms with E-state index in [2.05, 4.69) is 91.8 Å². The van der Waals surface area contributed by atoms with Crippen LogP contribution < -0.4 is 0 Å². The van der Waals surface area contributed by atoms with Gasteiger partial charge in [-0.15, -0.1) is 0 Å². The summed E-state index contributed by atoms with van der Waals surface area (Å²) >= 11 is 0. The third-order valence-electron chi connectivity index (χ3n) is 4.26. The molecule has 0 saturated heterocycles. The first kappa shape index (κ1) is 14.0. The molecule has 0 spiro atoms. The molecule has 110 valence electrons. The molecule has 2 heterocycles. The lowest BCUT2D eigenvalue weighted by Gasteiger charge is -2.28. The van der Waals surface area contributed by atoms with E-state index < -0.39 is 0 Å². The molecule has 0 unspecified atom stereocenters. The molecule has 1 aromatic carbocycles. The largest absolute Gasteiger partial charge is 0.352 e. The topological polar surface area (TPSA) is 9.86 Å². The van der Waals surface area contributed by atoms with Gasteiger partial charge in [0.1, 0.15) is 0 Å². The number of hydrogen-bond acceptors (Lipinski definition) is 0. The van der Waals surface area contributed by atoms with Gasteiger partial charge in [0.05, 0.1) is 0 Å². The van der Waals surface area contributed by atoms with Gasteiger partial charge < -0.3 is 9.13 Å². The SMILES string of the molecule is CC(C)n1ccc(CC(C)(C)n2ccc3ccccc32)c1. The minimum absolute atomic E-state index is 0.0618. The molecule has 2 nitrogen and oxygen atoms in total. The lowest BCUT2D eigenvalue weighted by atomic mass is 9.96. The van der Waals surface area contributed by atoms with Gasteiger partial charge in [0.15, 0.2) is 0 Å². The Kier molecular flexibility index (Phi) is 3.40. The number of fused-ring (bicyclic) bond motifs is 1. The molecule has 0 saturated carbocycles. The van der Waals surface area contributed by atoms with E-state index in [1.54, 1.807) is 0 Å². The van der Waals surface area contributed by atoms with Gasteiger partial charge in [-0.05, 0) is 63.3 Å². The highest BCUT2D eigenvalue weighted by Gasteiger charge is 2.22. The fraction of sp³-hybridized carbons (Fsp3) is 0.368. The van der Waals surface area contributed by atoms with E-state index in [-0.39, 0.29) is 5.54 Å². The number of hydrogen-bond donors (Lipinski definition) is 0. The van der Waals surface area contributed by atoms with Gasteiger partial charge in [-0.2, -0.15) is 0 Å². The highest BCUT2D eigenvalue weighted by Crippen LogP contribution is 2.27. The van der Waals surface area contributed by atoms with E-state index in [0.717, 1.165) is 6.42 Å². The van der Waals surface area contributed by atoms with Crippen molar-refractivity contribution in [3.63, 3.8) is 0 Å². The summed E-state index contributed by atoms with van der Waals surface area (Å²) in [6, 6.07) is 13.6. The van der Waals surface area contributed by atoms with Crippen LogP contribution in [0.2, 0.25) is 0 Å². The molecule has 0 fully saturated rings. The summed E-state index contributed by atoms with van der Waals surface area (Å²) in [5.74, 6) is 0. The van der Waals surface area contributed by atoms with Gasteiger partial charge >= 0.3 is 0 Å². The predicted octanol–water partition coefficient (Wildman–Crippen LogP) is 5.00. The summed E-state index contributed by atoms with van der Waals surface area (Å²) in [7, 11) is 0. The quantitative estimate of drug-likeness (QED) is 0.636. The van der Waals surface area contributed by atoms with Crippen LogP contribution in [-0.2, 0) is 12.0 Å². The molecular formula is C19H24N2. The molecule has 0 N–H and O–H groups in total. The van der Waals surface area contributed by atoms with Crippen LogP contribution in [0.3, 0.4) is 0 Å². The van der Waals surface area contributed by atoms with Crippen LogP contribution >= 0.6 is 0 Å². The average molecular weight is 280 g/mol. The Balaban J connectivity index is 1.92. The molecule has 3 aromatic rings. The van der Waals surface area contributed by atoms with Crippen LogP contribution in [0, 0.1) is 0 Å². The molecular weight excluding hydrogens is 256 g/mol. The molecule has 0 radical (unpaired) electrons. The Bertz CT molecular complexity index is 744. The van der Waals surface area contributed by atoms with E-state index in [1.165, 1.54) is 16.5 Å². The van der Waals surface area contributed by atoms with Crippen molar-refractivity contribution in [2.24, 2.45) is 0 Å². The van der Waals surface area contributed by atoms with Crippen LogP contribution in [0.5, 0.6) is 0 Å². The Hall–Kier alpha value is -1.96. The number of rotatable bonds is 4. The Morgan fingerprint density at radius 3 is 2.48 bits per heavy atom. The standard InChI is InChI=1S/C19H24N2/c1-15(2)20-11-9-16(14-20)13-19(3,4)21-12-10-17-7-5-6-8-18(17)21/h5-12,14-15H,13H2,1-4H3. The van der Waals surface area contributed by atoms with Gasteiger partial charge in [0, 0.05) is 35.7 Å². The fourth-order valence-electron chi connectivity index (χ4n) is 3.08. The summed E-state index contributed by atoms with van der Waals surface area (Å²) in [5, 5.41) is 1.31. The minimum atomic E-state index is 0.0618. The van der Waals surface area contributed by atoms with Gasteiger partial charge in [-0.3, -0.25) is 0 Å². The maximum absolute atomic E-state index is 2.40. The molecule has 0 atom stereocenters. The maximum atomic E-state index is 2.40. The molecule has 0 aliphatic heterocycles. The number of para-hydroxylation sites is 1. The molecule has 0 amide bonds. The molecule has 2 aromatic heterocycles. The molecule has 3 rings (SSSR count). The van der Waals surface area contributed by atoms with Crippen LogP contribution in [-0.4, -0.2) is 9.13 Å². The zero-order valence-corrected chi connectivity index (χ0v) is 13.4. The van der Waals surface area contributed by atoms with Gasteiger partial charge in [0.2, 0.25) is 0 Å². The van der Waals surface area contributed by atoms with Crippen molar-refractivity contribution < 1.29 is 0 Å². The number of aromatic nitrogens is 2. The zero-order valence-electron chi connectivity index (χ0n) is 13.4. The molecule has 0 aliphatic rings. The molecule has 21 heavy (non-hydrogen) atoms. The van der Waals surface area contributed by atoms with Crippen molar-refractivity contribution in [2.45, 2.75) is 45.7 Å². The predicted molar refractivity (Wildman–Crippen MR) is 89.8 cm³/mol. The highest BCUT2D eigenvalue weighted by molar-refractivity contribution is 5.80. The van der Waals surface area contributed by atoms with E-state index in [1.807, 2.05) is 0 Å². The molecule has 0 aliphatic carbocycles. The lowest BCUT2D eigenvalue weighted by Crippen LogP contribution is -2.28. The monoisotopic (exact) mass is 280 g/mol. The van der Waals surface area contributed by atoms with Crippen LogP contribution in [0.15, 0.2) is 55.0 Å². The molecule has 2 heteroatoms. The van der Waals surface area contributed by atoms with E-state index in [9.17, 15) is 0 Å². The zero-order chi connectivity index (χ0) is 15.0. The van der Waals surface area contributed by atoms with E-state index in [0.29, 0.717) is 6.04 Å². The Morgan fingerprint density at radius 1 is 1.00 bits per heavy atom. The molecule has 0 bridgehead atoms. The van der Waals surface area contributed by atoms with Crippen LogP contribution in [0.4, 0.5) is 0 Å². The second kappa shape index (κ2) is 5.10. The Morgan fingerprint density at radius 2 is 1.76 bits per heavy atom. The van der Waals surface area contributed by atoms with Gasteiger partial charge in [-0.25, -0.2) is 0 Å². The maximum Gasteiger partial charge on any atom is 0.0485 e. The normalized spacial score (nSPS) is 12.4. The van der Waals surface area contributed by atoms with E-state index >= 15 is 0 Å². The second-order valence-electron chi connectivity index (χ2n) is 6.79. The summed E-state index contributed by atoms with van der Waals surface area (Å²) in [5.41, 5.74) is 2.77. The first-order chi connectivity index (χ1) is 9.97. The number of benzene rings is 1. The fourth-order valence-corrected chi connectivity index (χ4v) is 3.08. The van der Waals surface area contributed by atoms with Crippen molar-refractivity contribution >= 4 is 10.9 Å².